The zero-order chi connectivity index (χ0) is 14.2. The van der Waals surface area contributed by atoms with Gasteiger partial charge in [0.25, 0.3) is 0 Å². The Bertz CT molecular complexity index is 293. The van der Waals surface area contributed by atoms with Gasteiger partial charge in [0, 0.05) is 26.2 Å². The Labute approximate surface area is 135 Å². The number of likely N-dealkylation sites (tertiary alicyclic amines) is 1. The maximum Gasteiger partial charge on any atom is 0.224 e. The lowest BCUT2D eigenvalue weighted by Crippen LogP contribution is -2.45. The molecule has 5 heteroatoms. The lowest BCUT2D eigenvalue weighted by Gasteiger charge is -2.34. The molecule has 21 heavy (non-hydrogen) atoms. The van der Waals surface area contributed by atoms with Crippen LogP contribution in [0.1, 0.15) is 51.4 Å². The standard InChI is InChI=1S/C16H31N3O.ClH/c17-9-10-18-16(20)15-8-5-11-19(13-15)12-14-6-3-1-2-4-7-14;/h14-15H,1-13,17H2,(H,18,20);1H. The smallest absolute Gasteiger partial charge is 0.224 e. The maximum atomic E-state index is 12.1. The van der Waals surface area contributed by atoms with Gasteiger partial charge in [0.1, 0.15) is 0 Å². The molecular weight excluding hydrogens is 286 g/mol. The number of hydrogen-bond donors (Lipinski definition) is 2. The Kier molecular flexibility index (Phi) is 9.29. The molecule has 1 atom stereocenters. The van der Waals surface area contributed by atoms with Gasteiger partial charge in [0.05, 0.1) is 5.92 Å². The molecule has 0 aromatic rings. The van der Waals surface area contributed by atoms with E-state index in [2.05, 4.69) is 10.2 Å². The molecular formula is C16H32ClN3O. The lowest BCUT2D eigenvalue weighted by atomic mass is 9.94. The third-order valence-electron chi connectivity index (χ3n) is 4.81. The highest BCUT2D eigenvalue weighted by Gasteiger charge is 2.27. The second-order valence-electron chi connectivity index (χ2n) is 6.54. The fourth-order valence-corrected chi connectivity index (χ4v) is 3.69. The highest BCUT2D eigenvalue weighted by atomic mass is 35.5. The zero-order valence-electron chi connectivity index (χ0n) is 13.2. The maximum absolute atomic E-state index is 12.1. The summed E-state index contributed by atoms with van der Waals surface area (Å²) in [5.74, 6) is 1.26. The first-order chi connectivity index (χ1) is 9.79. The van der Waals surface area contributed by atoms with Crippen LogP contribution in [0.5, 0.6) is 0 Å². The molecule has 1 amide bonds. The van der Waals surface area contributed by atoms with Gasteiger partial charge in [-0.05, 0) is 38.1 Å². The van der Waals surface area contributed by atoms with Gasteiger partial charge in [0.2, 0.25) is 5.91 Å². The molecule has 0 bridgehead atoms. The molecule has 124 valence electrons. The average molecular weight is 318 g/mol. The molecule has 0 aromatic carbocycles. The summed E-state index contributed by atoms with van der Waals surface area (Å²) in [7, 11) is 0. The van der Waals surface area contributed by atoms with Crippen molar-refractivity contribution in [1.82, 2.24) is 10.2 Å². The first kappa shape index (κ1) is 18.7. The van der Waals surface area contributed by atoms with Crippen LogP contribution in [-0.2, 0) is 4.79 Å². The monoisotopic (exact) mass is 317 g/mol. The van der Waals surface area contributed by atoms with E-state index in [4.69, 9.17) is 5.73 Å². The highest BCUT2D eigenvalue weighted by Crippen LogP contribution is 2.25. The van der Waals surface area contributed by atoms with Crippen LogP contribution in [0.15, 0.2) is 0 Å². The molecule has 1 saturated heterocycles. The van der Waals surface area contributed by atoms with Crippen LogP contribution < -0.4 is 11.1 Å². The van der Waals surface area contributed by atoms with Crippen LogP contribution in [0.4, 0.5) is 0 Å². The number of rotatable bonds is 5. The summed E-state index contributed by atoms with van der Waals surface area (Å²) < 4.78 is 0. The minimum atomic E-state index is 0. The van der Waals surface area contributed by atoms with Crippen molar-refractivity contribution in [1.29, 1.82) is 0 Å². The number of halogens is 1. The summed E-state index contributed by atoms with van der Waals surface area (Å²) in [6, 6.07) is 0. The van der Waals surface area contributed by atoms with Gasteiger partial charge in [0.15, 0.2) is 0 Å². The molecule has 3 N–H and O–H groups in total. The Morgan fingerprint density at radius 2 is 1.81 bits per heavy atom. The summed E-state index contributed by atoms with van der Waals surface area (Å²) in [6.07, 6.45) is 10.6. The average Bonchev–Trinajstić information content (AvgIpc) is 2.73. The van der Waals surface area contributed by atoms with E-state index < -0.39 is 0 Å². The molecule has 1 aliphatic heterocycles. The van der Waals surface area contributed by atoms with Gasteiger partial charge in [-0.3, -0.25) is 4.79 Å². The van der Waals surface area contributed by atoms with Crippen LogP contribution in [0, 0.1) is 11.8 Å². The topological polar surface area (TPSA) is 58.4 Å². The Balaban J connectivity index is 0.00000220. The molecule has 0 aromatic heterocycles. The van der Waals surface area contributed by atoms with Crippen molar-refractivity contribution in [2.24, 2.45) is 17.6 Å². The number of nitrogens with two attached hydrogens (primary N) is 1. The van der Waals surface area contributed by atoms with E-state index in [1.54, 1.807) is 0 Å². The molecule has 2 fully saturated rings. The number of carbonyl (C=O) groups is 1. The quantitative estimate of drug-likeness (QED) is 0.764. The van der Waals surface area contributed by atoms with E-state index in [0.29, 0.717) is 13.1 Å². The number of hydrogen-bond acceptors (Lipinski definition) is 3. The van der Waals surface area contributed by atoms with Gasteiger partial charge < -0.3 is 16.0 Å². The summed E-state index contributed by atoms with van der Waals surface area (Å²) in [4.78, 5) is 14.6. The van der Waals surface area contributed by atoms with Gasteiger partial charge in [-0.25, -0.2) is 0 Å². The first-order valence-electron chi connectivity index (χ1n) is 8.49. The molecule has 0 spiro atoms. The van der Waals surface area contributed by atoms with E-state index in [0.717, 1.165) is 25.3 Å². The minimum absolute atomic E-state index is 0. The normalized spacial score (nSPS) is 24.9. The summed E-state index contributed by atoms with van der Waals surface area (Å²) in [5, 5.41) is 2.95. The molecule has 1 heterocycles. The van der Waals surface area contributed by atoms with Crippen LogP contribution in [0.2, 0.25) is 0 Å². The summed E-state index contributed by atoms with van der Waals surface area (Å²) >= 11 is 0. The van der Waals surface area contributed by atoms with Crippen molar-refractivity contribution in [2.45, 2.75) is 51.4 Å². The third-order valence-corrected chi connectivity index (χ3v) is 4.81. The fourth-order valence-electron chi connectivity index (χ4n) is 3.69. The van der Waals surface area contributed by atoms with Crippen molar-refractivity contribution < 1.29 is 4.79 Å². The second-order valence-corrected chi connectivity index (χ2v) is 6.54. The van der Waals surface area contributed by atoms with Crippen LogP contribution >= 0.6 is 12.4 Å². The lowest BCUT2D eigenvalue weighted by molar-refractivity contribution is -0.126. The van der Waals surface area contributed by atoms with Crippen molar-refractivity contribution in [3.8, 4) is 0 Å². The van der Waals surface area contributed by atoms with Gasteiger partial charge in [-0.2, -0.15) is 0 Å². The minimum Gasteiger partial charge on any atom is -0.355 e. The Morgan fingerprint density at radius 3 is 2.48 bits per heavy atom. The van der Waals surface area contributed by atoms with Crippen molar-refractivity contribution in [2.75, 3.05) is 32.7 Å². The number of carbonyl (C=O) groups excluding carboxylic acids is 1. The van der Waals surface area contributed by atoms with Crippen LogP contribution in [0.25, 0.3) is 0 Å². The molecule has 1 aliphatic carbocycles. The molecule has 4 nitrogen and oxygen atoms in total. The summed E-state index contributed by atoms with van der Waals surface area (Å²) in [5.41, 5.74) is 5.45. The van der Waals surface area contributed by atoms with E-state index in [-0.39, 0.29) is 24.2 Å². The van der Waals surface area contributed by atoms with Gasteiger partial charge in [-0.15, -0.1) is 12.4 Å². The van der Waals surface area contributed by atoms with E-state index in [1.165, 1.54) is 51.6 Å². The molecule has 2 rings (SSSR count). The number of nitrogens with one attached hydrogen (secondary N) is 1. The Hall–Kier alpha value is -0.320. The van der Waals surface area contributed by atoms with Gasteiger partial charge in [-0.1, -0.05) is 25.7 Å². The molecule has 0 radical (unpaired) electrons. The predicted molar refractivity (Wildman–Crippen MR) is 89.7 cm³/mol. The first-order valence-corrected chi connectivity index (χ1v) is 8.49. The van der Waals surface area contributed by atoms with Crippen LogP contribution in [0.3, 0.4) is 0 Å². The number of amides is 1. The predicted octanol–water partition coefficient (Wildman–Crippen LogP) is 2.17. The molecule has 1 saturated carbocycles. The van der Waals surface area contributed by atoms with E-state index >= 15 is 0 Å². The SMILES string of the molecule is Cl.NCCNC(=O)C1CCCN(CC2CCCCCC2)C1. The zero-order valence-corrected chi connectivity index (χ0v) is 14.0. The fraction of sp³-hybridized carbons (Fsp3) is 0.938. The Morgan fingerprint density at radius 1 is 1.10 bits per heavy atom. The van der Waals surface area contributed by atoms with Crippen LogP contribution in [-0.4, -0.2) is 43.5 Å². The highest BCUT2D eigenvalue weighted by molar-refractivity contribution is 5.85. The third kappa shape index (κ3) is 6.54. The van der Waals surface area contributed by atoms with Crippen molar-refractivity contribution >= 4 is 18.3 Å². The number of piperidine rings is 1. The number of nitrogens with zero attached hydrogens (tertiary/aromatic N) is 1. The second kappa shape index (κ2) is 10.4. The van der Waals surface area contributed by atoms with Crippen molar-refractivity contribution in [3.63, 3.8) is 0 Å². The van der Waals surface area contributed by atoms with Gasteiger partial charge >= 0.3 is 0 Å². The molecule has 2 aliphatic rings. The molecule has 1 unspecified atom stereocenters. The van der Waals surface area contributed by atoms with E-state index in [1.807, 2.05) is 0 Å². The summed E-state index contributed by atoms with van der Waals surface area (Å²) in [6.45, 7) is 4.48. The van der Waals surface area contributed by atoms with Crippen molar-refractivity contribution in [3.05, 3.63) is 0 Å². The van der Waals surface area contributed by atoms with E-state index in [9.17, 15) is 4.79 Å². The largest absolute Gasteiger partial charge is 0.355 e.